The van der Waals surface area contributed by atoms with Crippen molar-refractivity contribution >= 4 is 26.2 Å². The molecule has 47 heavy (non-hydrogen) atoms. The standard InChI is InChI=1S/C32H38O13S2/c1-10-42-32(33)21-16-25(38-4)29(26(17-21)39-5)22-18-27(40-6)28(31(30(22)41-7)45-47(9,36)37)20-11-12-23(43-14-13-19(2)3)24(15-20)44-46(8,34)35/h11-13,15-18H,10,14H2,1-9H3. The van der Waals surface area contributed by atoms with Crippen molar-refractivity contribution in [2.45, 2.75) is 20.8 Å². The monoisotopic (exact) mass is 694 g/mol. The SMILES string of the molecule is CCOC(=O)c1cc(OC)c(-c2cc(OC)c(-c3ccc(OCC=C(C)C)c(OS(C)(=O)=O)c3)c(OS(C)(=O)=O)c2OC)c(OC)c1. The average Bonchev–Trinajstić information content (AvgIpc) is 2.98. The molecule has 0 N–H and O–H groups in total. The fraction of sp³-hybridized carbons (Fsp3) is 0.344. The molecule has 0 radical (unpaired) electrons. The second-order valence-corrected chi connectivity index (χ2v) is 13.3. The Morgan fingerprint density at radius 2 is 1.28 bits per heavy atom. The molecule has 3 aromatic carbocycles. The van der Waals surface area contributed by atoms with Crippen LogP contribution in [0.1, 0.15) is 31.1 Å². The highest BCUT2D eigenvalue weighted by atomic mass is 32.2. The summed E-state index contributed by atoms with van der Waals surface area (Å²) in [6.07, 6.45) is 3.53. The minimum Gasteiger partial charge on any atom is -0.496 e. The lowest BCUT2D eigenvalue weighted by atomic mass is 9.94. The van der Waals surface area contributed by atoms with Gasteiger partial charge in [0.25, 0.3) is 0 Å². The highest BCUT2D eigenvalue weighted by Gasteiger charge is 2.30. The zero-order chi connectivity index (χ0) is 35.1. The second-order valence-electron chi connectivity index (χ2n) is 10.2. The number of rotatable bonds is 15. The third-order valence-corrected chi connectivity index (χ3v) is 7.30. The van der Waals surface area contributed by atoms with E-state index >= 15 is 0 Å². The maximum absolute atomic E-state index is 12.7. The maximum atomic E-state index is 12.7. The number of methoxy groups -OCH3 is 4. The van der Waals surface area contributed by atoms with Gasteiger partial charge in [-0.1, -0.05) is 11.6 Å². The van der Waals surface area contributed by atoms with Crippen LogP contribution in [0.5, 0.6) is 40.2 Å². The van der Waals surface area contributed by atoms with E-state index in [4.69, 9.17) is 36.8 Å². The van der Waals surface area contributed by atoms with Crippen LogP contribution >= 0.6 is 0 Å². The van der Waals surface area contributed by atoms with Crippen molar-refractivity contribution in [3.63, 3.8) is 0 Å². The van der Waals surface area contributed by atoms with Gasteiger partial charge in [0, 0.05) is 5.56 Å². The molecular weight excluding hydrogens is 656 g/mol. The Labute approximate surface area is 275 Å². The zero-order valence-electron chi connectivity index (χ0n) is 27.6. The van der Waals surface area contributed by atoms with Gasteiger partial charge in [-0.05, 0) is 62.7 Å². The van der Waals surface area contributed by atoms with Crippen LogP contribution in [0.4, 0.5) is 0 Å². The molecule has 3 rings (SSSR count). The Morgan fingerprint density at radius 3 is 1.77 bits per heavy atom. The minimum atomic E-state index is -4.20. The highest BCUT2D eigenvalue weighted by molar-refractivity contribution is 7.86. The Hall–Kier alpha value is -4.63. The molecule has 256 valence electrons. The van der Waals surface area contributed by atoms with E-state index in [0.29, 0.717) is 0 Å². The van der Waals surface area contributed by atoms with Crippen molar-refractivity contribution in [1.82, 2.24) is 0 Å². The van der Waals surface area contributed by atoms with Crippen molar-refractivity contribution in [2.75, 3.05) is 54.2 Å². The van der Waals surface area contributed by atoms with E-state index in [9.17, 15) is 21.6 Å². The molecule has 0 unspecified atom stereocenters. The molecule has 0 spiro atoms. The van der Waals surface area contributed by atoms with Crippen molar-refractivity contribution in [3.05, 3.63) is 53.6 Å². The first-order valence-corrected chi connectivity index (χ1v) is 17.6. The summed E-state index contributed by atoms with van der Waals surface area (Å²) in [5.74, 6) is -0.646. The number of hydrogen-bond acceptors (Lipinski definition) is 13. The number of allylic oxidation sites excluding steroid dienone is 1. The third-order valence-electron chi connectivity index (χ3n) is 6.35. The molecule has 0 saturated carbocycles. The van der Waals surface area contributed by atoms with Crippen LogP contribution in [-0.2, 0) is 25.0 Å². The van der Waals surface area contributed by atoms with Crippen LogP contribution in [0.3, 0.4) is 0 Å². The summed E-state index contributed by atoms with van der Waals surface area (Å²) in [6.45, 7) is 5.71. The van der Waals surface area contributed by atoms with Crippen LogP contribution in [0.2, 0.25) is 0 Å². The number of benzene rings is 3. The van der Waals surface area contributed by atoms with Crippen LogP contribution in [0, 0.1) is 0 Å². The molecule has 13 nitrogen and oxygen atoms in total. The second kappa shape index (κ2) is 15.3. The van der Waals surface area contributed by atoms with Gasteiger partial charge in [0.05, 0.1) is 64.2 Å². The van der Waals surface area contributed by atoms with Gasteiger partial charge in [-0.15, -0.1) is 0 Å². The molecule has 0 aliphatic heterocycles. The van der Waals surface area contributed by atoms with Gasteiger partial charge in [-0.25, -0.2) is 4.79 Å². The molecular formula is C32H38O13S2. The lowest BCUT2D eigenvalue weighted by Crippen LogP contribution is -2.10. The molecule has 3 aromatic rings. The average molecular weight is 695 g/mol. The number of hydrogen-bond donors (Lipinski definition) is 0. The predicted molar refractivity (Wildman–Crippen MR) is 175 cm³/mol. The van der Waals surface area contributed by atoms with Crippen molar-refractivity contribution in [2.24, 2.45) is 0 Å². The van der Waals surface area contributed by atoms with E-state index in [2.05, 4.69) is 0 Å². The first-order valence-electron chi connectivity index (χ1n) is 14.0. The minimum absolute atomic E-state index is 0.0776. The number of carbonyl (C=O) groups is 1. The quantitative estimate of drug-likeness (QED) is 0.115. The molecule has 0 aliphatic carbocycles. The largest absolute Gasteiger partial charge is 0.496 e. The molecule has 0 atom stereocenters. The zero-order valence-corrected chi connectivity index (χ0v) is 29.2. The molecule has 0 bridgehead atoms. The maximum Gasteiger partial charge on any atom is 0.338 e. The summed E-state index contributed by atoms with van der Waals surface area (Å²) < 4.78 is 94.1. The molecule has 0 fully saturated rings. The lowest BCUT2D eigenvalue weighted by Gasteiger charge is -2.23. The summed E-state index contributed by atoms with van der Waals surface area (Å²) in [6, 6.07) is 8.78. The van der Waals surface area contributed by atoms with Gasteiger partial charge in [-0.2, -0.15) is 16.8 Å². The normalized spacial score (nSPS) is 11.3. The van der Waals surface area contributed by atoms with Crippen LogP contribution in [-0.4, -0.2) is 77.0 Å². The van der Waals surface area contributed by atoms with Crippen LogP contribution < -0.4 is 32.1 Å². The molecule has 0 amide bonds. The number of ether oxygens (including phenoxy) is 6. The fourth-order valence-corrected chi connectivity index (χ4v) is 5.41. The summed E-state index contributed by atoms with van der Waals surface area (Å²) >= 11 is 0. The van der Waals surface area contributed by atoms with Crippen LogP contribution in [0.15, 0.2) is 48.0 Å². The van der Waals surface area contributed by atoms with E-state index in [1.807, 2.05) is 13.8 Å². The van der Waals surface area contributed by atoms with Crippen LogP contribution in [0.25, 0.3) is 22.3 Å². The Morgan fingerprint density at radius 1 is 0.702 bits per heavy atom. The Bertz CT molecular complexity index is 1850. The van der Waals surface area contributed by atoms with E-state index in [0.717, 1.165) is 18.1 Å². The van der Waals surface area contributed by atoms with Crippen molar-refractivity contribution in [3.8, 4) is 62.5 Å². The van der Waals surface area contributed by atoms with E-state index in [1.165, 1.54) is 58.8 Å². The summed E-state index contributed by atoms with van der Waals surface area (Å²) in [4.78, 5) is 12.6. The first kappa shape index (κ1) is 36.8. The summed E-state index contributed by atoms with van der Waals surface area (Å²) in [7, 11) is -2.82. The van der Waals surface area contributed by atoms with Gasteiger partial charge in [-0.3, -0.25) is 0 Å². The first-order chi connectivity index (χ1) is 22.1. The number of esters is 1. The molecule has 15 heteroatoms. The van der Waals surface area contributed by atoms with Gasteiger partial charge < -0.3 is 36.8 Å². The third kappa shape index (κ3) is 9.23. The predicted octanol–water partition coefficient (Wildman–Crippen LogP) is 5.25. The van der Waals surface area contributed by atoms with Crippen molar-refractivity contribution < 1.29 is 58.4 Å². The molecule has 0 saturated heterocycles. The molecule has 0 heterocycles. The van der Waals surface area contributed by atoms with Gasteiger partial charge >= 0.3 is 26.2 Å². The smallest absolute Gasteiger partial charge is 0.338 e. The van der Waals surface area contributed by atoms with E-state index < -0.39 is 26.2 Å². The molecule has 0 aliphatic rings. The lowest BCUT2D eigenvalue weighted by molar-refractivity contribution is 0.0525. The van der Waals surface area contributed by atoms with Gasteiger partial charge in [0.15, 0.2) is 23.0 Å². The van der Waals surface area contributed by atoms with Gasteiger partial charge in [0.1, 0.15) is 23.9 Å². The van der Waals surface area contributed by atoms with E-state index in [1.54, 1.807) is 19.1 Å². The topological polar surface area (TPSA) is 159 Å². The van der Waals surface area contributed by atoms with Crippen molar-refractivity contribution in [1.29, 1.82) is 0 Å². The molecule has 0 aromatic heterocycles. The Kier molecular flexibility index (Phi) is 12.0. The summed E-state index contributed by atoms with van der Waals surface area (Å²) in [5, 5.41) is 0. The number of carbonyl (C=O) groups excluding carboxylic acids is 1. The Balaban J connectivity index is 2.44. The van der Waals surface area contributed by atoms with E-state index in [-0.39, 0.29) is 81.3 Å². The van der Waals surface area contributed by atoms with Gasteiger partial charge in [0.2, 0.25) is 0 Å². The highest BCUT2D eigenvalue weighted by Crippen LogP contribution is 2.54. The summed E-state index contributed by atoms with van der Waals surface area (Å²) in [5.41, 5.74) is 1.92. The fourth-order valence-electron chi connectivity index (χ4n) is 4.49.